The number of halogens is 2. The largest absolute Gasteiger partial charge is 0.383 e. The number of amides is 1. The highest BCUT2D eigenvalue weighted by Crippen LogP contribution is 2.30. The highest BCUT2D eigenvalue weighted by molar-refractivity contribution is 6.37. The van der Waals surface area contributed by atoms with Gasteiger partial charge in [0, 0.05) is 25.7 Å². The van der Waals surface area contributed by atoms with E-state index >= 15 is 0 Å². The quantitative estimate of drug-likeness (QED) is 0.911. The Hall–Kier alpha value is -0.930. The number of carbonyl (C=O) groups is 1. The molecule has 3 nitrogen and oxygen atoms in total. The van der Waals surface area contributed by atoms with Crippen molar-refractivity contribution in [1.82, 2.24) is 4.90 Å². The minimum atomic E-state index is -0.118. The maximum atomic E-state index is 12.0. The van der Waals surface area contributed by atoms with Crippen molar-refractivity contribution >= 4 is 34.8 Å². The van der Waals surface area contributed by atoms with E-state index < -0.39 is 0 Å². The number of benzene rings is 1. The van der Waals surface area contributed by atoms with Gasteiger partial charge in [-0.15, -0.1) is 0 Å². The highest BCUT2D eigenvalue weighted by atomic mass is 35.5. The zero-order valence-electron chi connectivity index (χ0n) is 10.2. The molecule has 0 heterocycles. The van der Waals surface area contributed by atoms with Crippen molar-refractivity contribution in [3.63, 3.8) is 0 Å². The third-order valence-corrected chi connectivity index (χ3v) is 2.76. The van der Waals surface area contributed by atoms with Crippen LogP contribution in [-0.2, 0) is 0 Å². The number of hydrogen-bond acceptors (Lipinski definition) is 2. The van der Waals surface area contributed by atoms with Crippen LogP contribution in [-0.4, -0.2) is 31.4 Å². The fourth-order valence-electron chi connectivity index (χ4n) is 1.41. The Kier molecular flexibility index (Phi) is 5.09. The van der Waals surface area contributed by atoms with Gasteiger partial charge in [-0.25, -0.2) is 0 Å². The summed E-state index contributed by atoms with van der Waals surface area (Å²) in [6.07, 6.45) is 0.953. The van der Waals surface area contributed by atoms with Crippen LogP contribution in [0.5, 0.6) is 0 Å². The summed E-state index contributed by atoms with van der Waals surface area (Å²) in [5.74, 6) is -0.118. The van der Waals surface area contributed by atoms with Gasteiger partial charge in [0.1, 0.15) is 0 Å². The van der Waals surface area contributed by atoms with Crippen molar-refractivity contribution in [1.29, 1.82) is 0 Å². The highest BCUT2D eigenvalue weighted by Gasteiger charge is 2.16. The second-order valence-electron chi connectivity index (χ2n) is 3.94. The van der Waals surface area contributed by atoms with Crippen LogP contribution >= 0.6 is 23.2 Å². The molecule has 0 aliphatic carbocycles. The van der Waals surface area contributed by atoms with Gasteiger partial charge in [0.2, 0.25) is 0 Å². The lowest BCUT2D eigenvalue weighted by Crippen LogP contribution is -2.23. The molecule has 1 aromatic rings. The number of anilines is 1. The van der Waals surface area contributed by atoms with Crippen molar-refractivity contribution in [3.05, 3.63) is 27.7 Å². The summed E-state index contributed by atoms with van der Waals surface area (Å²) < 4.78 is 0. The van der Waals surface area contributed by atoms with E-state index in [9.17, 15) is 4.79 Å². The van der Waals surface area contributed by atoms with Crippen LogP contribution in [0.25, 0.3) is 0 Å². The van der Waals surface area contributed by atoms with Crippen LogP contribution in [0, 0.1) is 0 Å². The van der Waals surface area contributed by atoms with Crippen LogP contribution in [0.2, 0.25) is 10.0 Å². The molecule has 1 aromatic carbocycles. The lowest BCUT2D eigenvalue weighted by molar-refractivity contribution is 0.0828. The molecule has 1 amide bonds. The summed E-state index contributed by atoms with van der Waals surface area (Å²) in [5.41, 5.74) is 1.15. The number of hydrogen-bond donors (Lipinski definition) is 1. The molecule has 0 atom stereocenters. The molecule has 5 heteroatoms. The molecule has 0 aliphatic heterocycles. The standard InChI is InChI=1S/C12H16Cl2N2O/c1-4-5-15-11-9(12(17)16(2)3)6-8(13)7-10(11)14/h6-7,15H,4-5H2,1-3H3. The lowest BCUT2D eigenvalue weighted by atomic mass is 10.1. The van der Waals surface area contributed by atoms with E-state index in [1.54, 1.807) is 26.2 Å². The minimum Gasteiger partial charge on any atom is -0.383 e. The van der Waals surface area contributed by atoms with Gasteiger partial charge in [0.05, 0.1) is 16.3 Å². The smallest absolute Gasteiger partial charge is 0.255 e. The maximum absolute atomic E-state index is 12.0. The summed E-state index contributed by atoms with van der Waals surface area (Å²) in [6.45, 7) is 2.80. The first-order valence-corrected chi connectivity index (χ1v) is 6.17. The van der Waals surface area contributed by atoms with E-state index in [-0.39, 0.29) is 5.91 Å². The van der Waals surface area contributed by atoms with Crippen LogP contribution < -0.4 is 5.32 Å². The second-order valence-corrected chi connectivity index (χ2v) is 4.78. The molecule has 0 bridgehead atoms. The summed E-state index contributed by atoms with van der Waals surface area (Å²) in [6, 6.07) is 3.27. The molecule has 0 spiro atoms. The topological polar surface area (TPSA) is 32.3 Å². The molecular weight excluding hydrogens is 259 g/mol. The monoisotopic (exact) mass is 274 g/mol. The van der Waals surface area contributed by atoms with Gasteiger partial charge in [0.25, 0.3) is 5.91 Å². The minimum absolute atomic E-state index is 0.118. The van der Waals surface area contributed by atoms with Crippen LogP contribution in [0.15, 0.2) is 12.1 Å². The molecule has 0 saturated heterocycles. The lowest BCUT2D eigenvalue weighted by Gasteiger charge is -2.16. The third kappa shape index (κ3) is 3.51. The van der Waals surface area contributed by atoms with Crippen molar-refractivity contribution in [2.75, 3.05) is 26.0 Å². The Morgan fingerprint density at radius 2 is 2.00 bits per heavy atom. The van der Waals surface area contributed by atoms with Crippen molar-refractivity contribution in [3.8, 4) is 0 Å². The van der Waals surface area contributed by atoms with Gasteiger partial charge in [-0.05, 0) is 18.6 Å². The zero-order chi connectivity index (χ0) is 13.0. The first kappa shape index (κ1) is 14.1. The van der Waals surface area contributed by atoms with Crippen LogP contribution in [0.3, 0.4) is 0 Å². The molecule has 0 fully saturated rings. The molecule has 17 heavy (non-hydrogen) atoms. The fraction of sp³-hybridized carbons (Fsp3) is 0.417. The number of rotatable bonds is 4. The second kappa shape index (κ2) is 6.12. The fourth-order valence-corrected chi connectivity index (χ4v) is 1.97. The average molecular weight is 275 g/mol. The number of nitrogens with one attached hydrogen (secondary N) is 1. The van der Waals surface area contributed by atoms with Crippen LogP contribution in [0.4, 0.5) is 5.69 Å². The Balaban J connectivity index is 3.20. The van der Waals surface area contributed by atoms with Gasteiger partial charge in [-0.2, -0.15) is 0 Å². The maximum Gasteiger partial charge on any atom is 0.255 e. The third-order valence-electron chi connectivity index (χ3n) is 2.24. The molecule has 0 aromatic heterocycles. The predicted molar refractivity (Wildman–Crippen MR) is 73.3 cm³/mol. The predicted octanol–water partition coefficient (Wildman–Crippen LogP) is 3.52. The first-order valence-electron chi connectivity index (χ1n) is 5.42. The molecule has 0 radical (unpaired) electrons. The molecule has 94 valence electrons. The normalized spacial score (nSPS) is 10.2. The number of carbonyl (C=O) groups excluding carboxylic acids is 1. The van der Waals surface area contributed by atoms with E-state index in [0.717, 1.165) is 13.0 Å². The molecule has 1 rings (SSSR count). The summed E-state index contributed by atoms with van der Waals surface area (Å²) >= 11 is 12.0. The van der Waals surface area contributed by atoms with Crippen LogP contribution in [0.1, 0.15) is 23.7 Å². The van der Waals surface area contributed by atoms with Gasteiger partial charge in [0.15, 0.2) is 0 Å². The molecule has 1 N–H and O–H groups in total. The van der Waals surface area contributed by atoms with E-state index in [1.807, 2.05) is 6.92 Å². The molecular formula is C12H16Cl2N2O. The van der Waals surface area contributed by atoms with Gasteiger partial charge >= 0.3 is 0 Å². The van der Waals surface area contributed by atoms with E-state index in [4.69, 9.17) is 23.2 Å². The van der Waals surface area contributed by atoms with Crippen molar-refractivity contribution < 1.29 is 4.79 Å². The molecule has 0 aliphatic rings. The SMILES string of the molecule is CCCNc1c(Cl)cc(Cl)cc1C(=O)N(C)C. The Labute approximate surface area is 112 Å². The number of nitrogens with zero attached hydrogens (tertiary/aromatic N) is 1. The van der Waals surface area contributed by atoms with Crippen molar-refractivity contribution in [2.24, 2.45) is 0 Å². The van der Waals surface area contributed by atoms with Gasteiger partial charge in [-0.1, -0.05) is 30.1 Å². The van der Waals surface area contributed by atoms with Crippen molar-refractivity contribution in [2.45, 2.75) is 13.3 Å². The molecule has 0 unspecified atom stereocenters. The van der Waals surface area contributed by atoms with E-state index in [1.165, 1.54) is 4.90 Å². The van der Waals surface area contributed by atoms with E-state index in [0.29, 0.717) is 21.3 Å². The molecule has 0 saturated carbocycles. The van der Waals surface area contributed by atoms with E-state index in [2.05, 4.69) is 5.32 Å². The van der Waals surface area contributed by atoms with Gasteiger partial charge < -0.3 is 10.2 Å². The Morgan fingerprint density at radius 3 is 2.53 bits per heavy atom. The zero-order valence-corrected chi connectivity index (χ0v) is 11.7. The summed E-state index contributed by atoms with van der Waals surface area (Å²) in [4.78, 5) is 13.5. The van der Waals surface area contributed by atoms with Gasteiger partial charge in [-0.3, -0.25) is 4.79 Å². The average Bonchev–Trinajstić information content (AvgIpc) is 2.25. The summed E-state index contributed by atoms with van der Waals surface area (Å²) in [5, 5.41) is 4.09. The summed E-state index contributed by atoms with van der Waals surface area (Å²) in [7, 11) is 3.39. The Morgan fingerprint density at radius 1 is 1.35 bits per heavy atom. The Bertz CT molecular complexity index is 419. The first-order chi connectivity index (χ1) is 7.97.